The molecule has 1 N–H and O–H groups in total. The molecule has 2 aromatic rings. The summed E-state index contributed by atoms with van der Waals surface area (Å²) in [6.07, 6.45) is 1.21. The van der Waals surface area contributed by atoms with Crippen molar-refractivity contribution >= 4 is 21.6 Å². The summed E-state index contributed by atoms with van der Waals surface area (Å²) in [4.78, 5) is 4.62. The second-order valence-electron chi connectivity index (χ2n) is 4.99. The Hall–Kier alpha value is -0.930. The molecule has 0 fully saturated rings. The van der Waals surface area contributed by atoms with Gasteiger partial charge >= 0.3 is 0 Å². The number of fused-ring (bicyclic) bond motifs is 1. The molecule has 2 rings (SSSR count). The summed E-state index contributed by atoms with van der Waals surface area (Å²) in [7, 11) is 0. The summed E-state index contributed by atoms with van der Waals surface area (Å²) in [5.74, 6) is 0.743. The Morgan fingerprint density at radius 3 is 2.71 bits per heavy atom. The van der Waals surface area contributed by atoms with Crippen molar-refractivity contribution in [2.24, 2.45) is 5.92 Å². The molecule has 17 heavy (non-hydrogen) atoms. The lowest BCUT2D eigenvalue weighted by molar-refractivity contribution is 0.441. The molecule has 0 spiro atoms. The lowest BCUT2D eigenvalue weighted by Gasteiger charge is -2.14. The zero-order valence-corrected chi connectivity index (χ0v) is 11.6. The Kier molecular flexibility index (Phi) is 4.13. The molecule has 1 aromatic carbocycles. The largest absolute Gasteiger partial charge is 0.308 e. The fourth-order valence-corrected chi connectivity index (χ4v) is 2.97. The van der Waals surface area contributed by atoms with Gasteiger partial charge in [-0.3, -0.25) is 0 Å². The summed E-state index contributed by atoms with van der Waals surface area (Å²) in [5, 5.41) is 4.72. The average Bonchev–Trinajstić information content (AvgIpc) is 2.68. The van der Waals surface area contributed by atoms with Crippen LogP contribution in [0, 0.1) is 5.92 Å². The molecule has 1 atom stereocenters. The van der Waals surface area contributed by atoms with Crippen molar-refractivity contribution in [1.29, 1.82) is 0 Å². The predicted octanol–water partition coefficient (Wildman–Crippen LogP) is 3.82. The van der Waals surface area contributed by atoms with Gasteiger partial charge in [-0.05, 0) is 31.4 Å². The van der Waals surface area contributed by atoms with Crippen LogP contribution in [-0.2, 0) is 6.54 Å². The second-order valence-corrected chi connectivity index (χ2v) is 6.10. The Morgan fingerprint density at radius 2 is 2.00 bits per heavy atom. The van der Waals surface area contributed by atoms with E-state index in [9.17, 15) is 0 Å². The smallest absolute Gasteiger partial charge is 0.108 e. The van der Waals surface area contributed by atoms with E-state index in [0.717, 1.165) is 18.0 Å². The third-order valence-electron chi connectivity index (χ3n) is 2.76. The maximum absolute atomic E-state index is 4.62. The number of hydrogen-bond donors (Lipinski definition) is 1. The lowest BCUT2D eigenvalue weighted by atomic mass is 10.1. The molecular formula is C14H20N2S. The molecule has 3 heteroatoms. The number of aromatic nitrogens is 1. The average molecular weight is 248 g/mol. The second kappa shape index (κ2) is 5.61. The van der Waals surface area contributed by atoms with E-state index < -0.39 is 0 Å². The zero-order chi connectivity index (χ0) is 12.3. The molecule has 0 aliphatic carbocycles. The van der Waals surface area contributed by atoms with E-state index in [4.69, 9.17) is 0 Å². The van der Waals surface area contributed by atoms with Gasteiger partial charge < -0.3 is 5.32 Å². The van der Waals surface area contributed by atoms with Crippen LogP contribution < -0.4 is 5.32 Å². The van der Waals surface area contributed by atoms with Gasteiger partial charge in [0, 0.05) is 12.6 Å². The van der Waals surface area contributed by atoms with Crippen molar-refractivity contribution in [1.82, 2.24) is 10.3 Å². The fraction of sp³-hybridized carbons (Fsp3) is 0.500. The normalized spacial score (nSPS) is 13.4. The summed E-state index contributed by atoms with van der Waals surface area (Å²) in [6, 6.07) is 8.88. The third kappa shape index (κ3) is 3.51. The van der Waals surface area contributed by atoms with E-state index >= 15 is 0 Å². The highest BCUT2D eigenvalue weighted by molar-refractivity contribution is 7.18. The molecule has 0 amide bonds. The fourth-order valence-electron chi connectivity index (χ4n) is 2.05. The van der Waals surface area contributed by atoms with Gasteiger partial charge in [-0.1, -0.05) is 26.0 Å². The van der Waals surface area contributed by atoms with Crippen LogP contribution in [0.2, 0.25) is 0 Å². The first kappa shape index (κ1) is 12.5. The van der Waals surface area contributed by atoms with E-state index in [1.54, 1.807) is 11.3 Å². The highest BCUT2D eigenvalue weighted by Crippen LogP contribution is 2.21. The molecule has 0 aliphatic rings. The van der Waals surface area contributed by atoms with E-state index in [0.29, 0.717) is 6.04 Å². The number of benzene rings is 1. The van der Waals surface area contributed by atoms with Crippen molar-refractivity contribution in [2.45, 2.75) is 39.8 Å². The summed E-state index contributed by atoms with van der Waals surface area (Å²) in [5.41, 5.74) is 1.12. The minimum atomic E-state index is 0.557. The Balaban J connectivity index is 1.95. The monoisotopic (exact) mass is 248 g/mol. The number of nitrogens with one attached hydrogen (secondary N) is 1. The molecule has 2 nitrogen and oxygen atoms in total. The number of hydrogen-bond acceptors (Lipinski definition) is 3. The van der Waals surface area contributed by atoms with Crippen LogP contribution in [0.5, 0.6) is 0 Å². The first-order chi connectivity index (χ1) is 8.15. The predicted molar refractivity (Wildman–Crippen MR) is 75.4 cm³/mol. The van der Waals surface area contributed by atoms with Gasteiger partial charge in [0.2, 0.25) is 0 Å². The van der Waals surface area contributed by atoms with Gasteiger partial charge in [0.05, 0.1) is 10.2 Å². The van der Waals surface area contributed by atoms with Crippen molar-refractivity contribution in [3.05, 3.63) is 29.3 Å². The van der Waals surface area contributed by atoms with Crippen molar-refractivity contribution in [3.8, 4) is 0 Å². The highest BCUT2D eigenvalue weighted by atomic mass is 32.1. The lowest BCUT2D eigenvalue weighted by Crippen LogP contribution is -2.26. The number of nitrogens with zero attached hydrogens (tertiary/aromatic N) is 1. The van der Waals surface area contributed by atoms with E-state index in [1.807, 2.05) is 6.07 Å². The van der Waals surface area contributed by atoms with E-state index in [1.165, 1.54) is 16.1 Å². The zero-order valence-electron chi connectivity index (χ0n) is 10.7. The number of para-hydroxylation sites is 1. The van der Waals surface area contributed by atoms with Crippen LogP contribution in [0.1, 0.15) is 32.2 Å². The van der Waals surface area contributed by atoms with Crippen LogP contribution in [-0.4, -0.2) is 11.0 Å². The van der Waals surface area contributed by atoms with Crippen LogP contribution in [0.3, 0.4) is 0 Å². The summed E-state index contributed by atoms with van der Waals surface area (Å²) >= 11 is 1.78. The standard InChI is InChI=1S/C14H20N2S/c1-10(2)8-11(3)15-9-14-16-12-6-4-5-7-13(12)17-14/h4-7,10-11,15H,8-9H2,1-3H3. The van der Waals surface area contributed by atoms with Crippen LogP contribution in [0.15, 0.2) is 24.3 Å². The molecule has 0 radical (unpaired) electrons. The number of thiazole rings is 1. The molecule has 0 bridgehead atoms. The molecule has 1 unspecified atom stereocenters. The molecule has 0 saturated carbocycles. The van der Waals surface area contributed by atoms with Crippen molar-refractivity contribution < 1.29 is 0 Å². The van der Waals surface area contributed by atoms with Crippen LogP contribution >= 0.6 is 11.3 Å². The summed E-state index contributed by atoms with van der Waals surface area (Å²) in [6.45, 7) is 7.65. The highest BCUT2D eigenvalue weighted by Gasteiger charge is 2.07. The first-order valence-corrected chi connectivity index (χ1v) is 7.04. The molecular weight excluding hydrogens is 228 g/mol. The molecule has 0 saturated heterocycles. The molecule has 0 aliphatic heterocycles. The third-order valence-corrected chi connectivity index (χ3v) is 3.80. The topological polar surface area (TPSA) is 24.9 Å². The van der Waals surface area contributed by atoms with E-state index in [-0.39, 0.29) is 0 Å². The van der Waals surface area contributed by atoms with Gasteiger partial charge in [-0.2, -0.15) is 0 Å². The van der Waals surface area contributed by atoms with Gasteiger partial charge in [0.25, 0.3) is 0 Å². The van der Waals surface area contributed by atoms with Crippen molar-refractivity contribution in [3.63, 3.8) is 0 Å². The minimum Gasteiger partial charge on any atom is -0.308 e. The number of rotatable bonds is 5. The molecule has 1 aromatic heterocycles. The maximum atomic E-state index is 4.62. The van der Waals surface area contributed by atoms with Gasteiger partial charge in [-0.15, -0.1) is 11.3 Å². The first-order valence-electron chi connectivity index (χ1n) is 6.23. The van der Waals surface area contributed by atoms with Crippen LogP contribution in [0.25, 0.3) is 10.2 Å². The Bertz CT molecular complexity index is 443. The van der Waals surface area contributed by atoms with Gasteiger partial charge in [-0.25, -0.2) is 4.98 Å². The van der Waals surface area contributed by atoms with Gasteiger partial charge in [0.15, 0.2) is 0 Å². The minimum absolute atomic E-state index is 0.557. The van der Waals surface area contributed by atoms with Gasteiger partial charge in [0.1, 0.15) is 5.01 Å². The van der Waals surface area contributed by atoms with Crippen LogP contribution in [0.4, 0.5) is 0 Å². The quantitative estimate of drug-likeness (QED) is 0.870. The van der Waals surface area contributed by atoms with Crippen molar-refractivity contribution in [2.75, 3.05) is 0 Å². The Labute approximate surface area is 107 Å². The Morgan fingerprint density at radius 1 is 1.24 bits per heavy atom. The van der Waals surface area contributed by atoms with E-state index in [2.05, 4.69) is 49.3 Å². The maximum Gasteiger partial charge on any atom is 0.108 e. The molecule has 92 valence electrons. The molecule has 1 heterocycles. The SMILES string of the molecule is CC(C)CC(C)NCc1nc2ccccc2s1. The summed E-state index contributed by atoms with van der Waals surface area (Å²) < 4.78 is 1.28.